The van der Waals surface area contributed by atoms with Gasteiger partial charge in [-0.3, -0.25) is 14.9 Å². The molecule has 0 fully saturated rings. The van der Waals surface area contributed by atoms with Gasteiger partial charge in [0.1, 0.15) is 15.6 Å². The van der Waals surface area contributed by atoms with Crippen LogP contribution in [0.5, 0.6) is 5.75 Å². The smallest absolute Gasteiger partial charge is 0.288 e. The van der Waals surface area contributed by atoms with Gasteiger partial charge < -0.3 is 4.74 Å². The molecular weight excluding hydrogens is 413 g/mol. The van der Waals surface area contributed by atoms with Crippen LogP contribution in [0.15, 0.2) is 41.5 Å². The van der Waals surface area contributed by atoms with E-state index in [0.29, 0.717) is 21.2 Å². The first-order valence-corrected chi connectivity index (χ1v) is 9.01. The monoisotopic (exact) mass is 423 g/mol. The lowest BCUT2D eigenvalue weighted by molar-refractivity contribution is -0.384. The Hall–Kier alpha value is -2.68. The third-order valence-electron chi connectivity index (χ3n) is 3.59. The second-order valence-corrected chi connectivity index (χ2v) is 7.11. The number of nitrogens with zero attached hydrogens (tertiary/aromatic N) is 2. The van der Waals surface area contributed by atoms with Crippen LogP contribution in [-0.2, 0) is 0 Å². The summed E-state index contributed by atoms with van der Waals surface area (Å²) in [6.45, 7) is 0. The molecule has 1 aromatic heterocycles. The first kappa shape index (κ1) is 19.1. The Kier molecular flexibility index (Phi) is 5.59. The molecule has 0 unspecified atom stereocenters. The highest BCUT2D eigenvalue weighted by molar-refractivity contribution is 7.21. The molecule has 0 aliphatic heterocycles. The molecule has 0 aliphatic carbocycles. The molecule has 3 rings (SSSR count). The molecule has 3 aromatic rings. The van der Waals surface area contributed by atoms with E-state index in [4.69, 9.17) is 27.9 Å². The highest BCUT2D eigenvalue weighted by Gasteiger charge is 2.17. The number of hydrogen-bond donors (Lipinski definition) is 1. The predicted octanol–water partition coefficient (Wildman–Crippen LogP) is 4.89. The van der Waals surface area contributed by atoms with E-state index in [1.165, 1.54) is 29.7 Å². The Morgan fingerprint density at radius 2 is 2.07 bits per heavy atom. The van der Waals surface area contributed by atoms with Gasteiger partial charge in [0.15, 0.2) is 0 Å². The normalized spacial score (nSPS) is 11.1. The number of nitro groups is 1. The average Bonchev–Trinajstić information content (AvgIpc) is 2.98. The van der Waals surface area contributed by atoms with Crippen LogP contribution in [0.3, 0.4) is 0 Å². The minimum atomic E-state index is -0.594. The summed E-state index contributed by atoms with van der Waals surface area (Å²) in [4.78, 5) is 23.0. The van der Waals surface area contributed by atoms with Crippen molar-refractivity contribution in [1.29, 1.82) is 0 Å². The van der Waals surface area contributed by atoms with Crippen LogP contribution >= 0.6 is 34.5 Å². The Bertz CT molecular complexity index is 1080. The summed E-state index contributed by atoms with van der Waals surface area (Å²) in [5.41, 5.74) is 2.54. The maximum atomic E-state index is 12.3. The minimum Gasteiger partial charge on any atom is -0.497 e. The number of methoxy groups -OCH3 is 1. The van der Waals surface area contributed by atoms with E-state index in [9.17, 15) is 14.9 Å². The van der Waals surface area contributed by atoms with Crippen molar-refractivity contribution in [1.82, 2.24) is 5.43 Å². The zero-order valence-corrected chi connectivity index (χ0v) is 16.1. The molecule has 27 heavy (non-hydrogen) atoms. The third-order valence-corrected chi connectivity index (χ3v) is 5.57. The first-order chi connectivity index (χ1) is 12.9. The topological polar surface area (TPSA) is 93.8 Å². The summed E-state index contributed by atoms with van der Waals surface area (Å²) >= 11 is 13.3. The Morgan fingerprint density at radius 1 is 1.30 bits per heavy atom. The number of ether oxygens (including phenoxy) is 1. The van der Waals surface area contributed by atoms with Gasteiger partial charge in [-0.05, 0) is 24.3 Å². The lowest BCUT2D eigenvalue weighted by atomic mass is 10.2. The van der Waals surface area contributed by atoms with E-state index in [2.05, 4.69) is 10.5 Å². The second kappa shape index (κ2) is 7.91. The maximum Gasteiger partial charge on any atom is 0.288 e. The lowest BCUT2D eigenvalue weighted by Crippen LogP contribution is -2.16. The van der Waals surface area contributed by atoms with Crippen molar-refractivity contribution in [2.75, 3.05) is 7.11 Å². The Balaban J connectivity index is 1.79. The zero-order valence-electron chi connectivity index (χ0n) is 13.7. The molecule has 0 aliphatic rings. The molecule has 7 nitrogen and oxygen atoms in total. The number of nitrogens with one attached hydrogen (secondary N) is 1. The van der Waals surface area contributed by atoms with Crippen molar-refractivity contribution in [2.24, 2.45) is 5.10 Å². The van der Waals surface area contributed by atoms with Crippen molar-refractivity contribution in [3.8, 4) is 5.75 Å². The molecule has 1 N–H and O–H groups in total. The van der Waals surface area contributed by atoms with Gasteiger partial charge in [0, 0.05) is 21.7 Å². The fourth-order valence-corrected chi connectivity index (χ4v) is 3.91. The maximum absolute atomic E-state index is 12.3. The van der Waals surface area contributed by atoms with E-state index in [1.54, 1.807) is 31.4 Å². The van der Waals surface area contributed by atoms with Gasteiger partial charge in [-0.25, -0.2) is 5.43 Å². The number of thiophene rings is 1. The van der Waals surface area contributed by atoms with Crippen LogP contribution in [0.2, 0.25) is 10.0 Å². The summed E-state index contributed by atoms with van der Waals surface area (Å²) in [7, 11) is 1.56. The van der Waals surface area contributed by atoms with Crippen LogP contribution < -0.4 is 10.2 Å². The molecule has 0 bridgehead atoms. The van der Waals surface area contributed by atoms with Gasteiger partial charge >= 0.3 is 0 Å². The summed E-state index contributed by atoms with van der Waals surface area (Å²) in [6.07, 6.45) is 1.28. The quantitative estimate of drug-likeness (QED) is 0.359. The molecule has 0 spiro atoms. The summed E-state index contributed by atoms with van der Waals surface area (Å²) in [5, 5.41) is 15.8. The summed E-state index contributed by atoms with van der Waals surface area (Å²) < 4.78 is 5.97. The molecule has 1 amide bonds. The van der Waals surface area contributed by atoms with Crippen LogP contribution in [0, 0.1) is 10.1 Å². The molecule has 0 saturated heterocycles. The number of halogens is 2. The Morgan fingerprint density at radius 3 is 2.78 bits per heavy atom. The fourth-order valence-electron chi connectivity index (χ4n) is 2.28. The predicted molar refractivity (Wildman–Crippen MR) is 107 cm³/mol. The highest BCUT2D eigenvalue weighted by atomic mass is 35.5. The largest absolute Gasteiger partial charge is 0.497 e. The van der Waals surface area contributed by atoms with E-state index in [-0.39, 0.29) is 10.7 Å². The number of hydrazone groups is 1. The molecule has 0 saturated carbocycles. The number of hydrogen-bond acceptors (Lipinski definition) is 6. The van der Waals surface area contributed by atoms with Crippen molar-refractivity contribution in [3.63, 3.8) is 0 Å². The fraction of sp³-hybridized carbons (Fsp3) is 0.0588. The molecular formula is C17H11Cl2N3O4S. The zero-order chi connectivity index (χ0) is 19.6. The first-order valence-electron chi connectivity index (χ1n) is 7.44. The molecule has 2 aromatic carbocycles. The number of carbonyl (C=O) groups excluding carboxylic acids is 1. The van der Waals surface area contributed by atoms with E-state index >= 15 is 0 Å². The summed E-state index contributed by atoms with van der Waals surface area (Å²) in [5.74, 6) is 0.176. The summed E-state index contributed by atoms with van der Waals surface area (Å²) in [6, 6.07) is 9.52. The van der Waals surface area contributed by atoms with Gasteiger partial charge in [0.25, 0.3) is 11.6 Å². The Labute approximate surface area is 167 Å². The van der Waals surface area contributed by atoms with Crippen molar-refractivity contribution in [3.05, 3.63) is 67.0 Å². The number of nitro benzene ring substituents is 1. The minimum absolute atomic E-state index is 0.0219. The molecule has 0 radical (unpaired) electrons. The number of rotatable bonds is 5. The van der Waals surface area contributed by atoms with E-state index in [1.807, 2.05) is 0 Å². The average molecular weight is 424 g/mol. The van der Waals surface area contributed by atoms with Gasteiger partial charge in [0.05, 0.1) is 23.3 Å². The van der Waals surface area contributed by atoms with Gasteiger partial charge in [0.2, 0.25) is 0 Å². The van der Waals surface area contributed by atoms with Crippen molar-refractivity contribution >= 4 is 62.4 Å². The van der Waals surface area contributed by atoms with E-state index in [0.717, 1.165) is 10.1 Å². The third kappa shape index (κ3) is 4.02. The van der Waals surface area contributed by atoms with Gasteiger partial charge in [-0.1, -0.05) is 29.3 Å². The highest BCUT2D eigenvalue weighted by Crippen LogP contribution is 2.37. The number of benzene rings is 2. The van der Waals surface area contributed by atoms with Crippen LogP contribution in [0.1, 0.15) is 15.2 Å². The lowest BCUT2D eigenvalue weighted by Gasteiger charge is -1.99. The standard InChI is InChI=1S/C17H11Cl2N3O4S/c1-26-10-3-4-11-14(7-10)27-16(15(11)19)17(23)21-20-8-9-2-5-12(18)13(6-9)22(24)25/h2-8H,1H3,(H,21,23)/b20-8+. The molecule has 138 valence electrons. The van der Waals surface area contributed by atoms with Crippen LogP contribution in [-0.4, -0.2) is 24.2 Å². The van der Waals surface area contributed by atoms with Crippen LogP contribution in [0.25, 0.3) is 10.1 Å². The molecule has 0 atom stereocenters. The van der Waals surface area contributed by atoms with Crippen LogP contribution in [0.4, 0.5) is 5.69 Å². The second-order valence-electron chi connectivity index (χ2n) is 5.27. The van der Waals surface area contributed by atoms with E-state index < -0.39 is 10.8 Å². The number of fused-ring (bicyclic) bond motifs is 1. The number of amides is 1. The van der Waals surface area contributed by atoms with Gasteiger partial charge in [-0.2, -0.15) is 5.10 Å². The van der Waals surface area contributed by atoms with Crippen molar-refractivity contribution < 1.29 is 14.5 Å². The SMILES string of the molecule is COc1ccc2c(Cl)c(C(=O)N/N=C/c3ccc(Cl)c([N+](=O)[O-])c3)sc2c1. The molecule has 1 heterocycles. The van der Waals surface area contributed by atoms with Crippen molar-refractivity contribution in [2.45, 2.75) is 0 Å². The molecule has 10 heteroatoms. The number of carbonyl (C=O) groups is 1. The van der Waals surface area contributed by atoms with Gasteiger partial charge in [-0.15, -0.1) is 11.3 Å².